The van der Waals surface area contributed by atoms with Gasteiger partial charge in [-0.15, -0.1) is 0 Å². The van der Waals surface area contributed by atoms with Crippen LogP contribution in [0, 0.1) is 6.92 Å². The van der Waals surface area contributed by atoms with Gasteiger partial charge in [0.05, 0.1) is 0 Å². The molecule has 2 aromatic rings. The summed E-state index contributed by atoms with van der Waals surface area (Å²) in [5.41, 5.74) is 1.06. The van der Waals surface area contributed by atoms with Crippen LogP contribution in [0.2, 0.25) is 5.02 Å². The molecule has 0 heterocycles. The van der Waals surface area contributed by atoms with Crippen molar-refractivity contribution in [1.29, 1.82) is 0 Å². The standard InChI is InChI=1S/C15H14BrClO2/c1-11-5-6-13(17)10-15(11)19-8-7-18-14-4-2-3-12(16)9-14/h2-6,9-10H,7-8H2,1H3. The molecule has 0 aliphatic rings. The summed E-state index contributed by atoms with van der Waals surface area (Å²) in [4.78, 5) is 0. The Kier molecular flexibility index (Phi) is 5.11. The van der Waals surface area contributed by atoms with Crippen molar-refractivity contribution in [1.82, 2.24) is 0 Å². The molecule has 0 unspecified atom stereocenters. The van der Waals surface area contributed by atoms with E-state index in [2.05, 4.69) is 15.9 Å². The molecule has 0 aliphatic heterocycles. The number of halogens is 2. The summed E-state index contributed by atoms with van der Waals surface area (Å²) < 4.78 is 12.2. The first kappa shape index (κ1) is 14.2. The molecule has 0 saturated heterocycles. The summed E-state index contributed by atoms with van der Waals surface area (Å²) in [6.07, 6.45) is 0. The molecule has 4 heteroatoms. The number of ether oxygens (including phenoxy) is 2. The molecular weight excluding hydrogens is 328 g/mol. The van der Waals surface area contributed by atoms with Crippen molar-refractivity contribution in [2.75, 3.05) is 13.2 Å². The van der Waals surface area contributed by atoms with Crippen molar-refractivity contribution >= 4 is 27.5 Å². The molecule has 100 valence electrons. The molecule has 0 atom stereocenters. The minimum absolute atomic E-state index is 0.480. The van der Waals surface area contributed by atoms with E-state index in [4.69, 9.17) is 21.1 Å². The lowest BCUT2D eigenvalue weighted by Crippen LogP contribution is -2.09. The van der Waals surface area contributed by atoms with Crippen LogP contribution in [0.4, 0.5) is 0 Å². The maximum Gasteiger partial charge on any atom is 0.123 e. The zero-order chi connectivity index (χ0) is 13.7. The van der Waals surface area contributed by atoms with Crippen molar-refractivity contribution in [3.63, 3.8) is 0 Å². The van der Waals surface area contributed by atoms with E-state index in [-0.39, 0.29) is 0 Å². The van der Waals surface area contributed by atoms with E-state index in [1.54, 1.807) is 0 Å². The molecule has 0 aliphatic carbocycles. The average Bonchev–Trinajstić information content (AvgIpc) is 2.39. The quantitative estimate of drug-likeness (QED) is 0.722. The highest BCUT2D eigenvalue weighted by atomic mass is 79.9. The number of benzene rings is 2. The molecule has 0 radical (unpaired) electrons. The van der Waals surface area contributed by atoms with Gasteiger partial charge in [0.15, 0.2) is 0 Å². The smallest absolute Gasteiger partial charge is 0.123 e. The van der Waals surface area contributed by atoms with E-state index in [1.165, 1.54) is 0 Å². The monoisotopic (exact) mass is 340 g/mol. The Labute approximate surface area is 126 Å². The van der Waals surface area contributed by atoms with Gasteiger partial charge in [0.2, 0.25) is 0 Å². The molecule has 0 N–H and O–H groups in total. The zero-order valence-electron chi connectivity index (χ0n) is 10.5. The predicted octanol–water partition coefficient (Wildman–Crippen LogP) is 4.87. The summed E-state index contributed by atoms with van der Waals surface area (Å²) >= 11 is 9.33. The fraction of sp³-hybridized carbons (Fsp3) is 0.200. The van der Waals surface area contributed by atoms with Crippen LogP contribution in [0.15, 0.2) is 46.9 Å². The first-order valence-electron chi connectivity index (χ1n) is 5.92. The Bertz CT molecular complexity index is 558. The molecule has 19 heavy (non-hydrogen) atoms. The second kappa shape index (κ2) is 6.83. The molecule has 0 bridgehead atoms. The van der Waals surface area contributed by atoms with Crippen LogP contribution in [-0.4, -0.2) is 13.2 Å². The van der Waals surface area contributed by atoms with Crippen molar-refractivity contribution in [3.8, 4) is 11.5 Å². The third-order valence-electron chi connectivity index (χ3n) is 2.56. The summed E-state index contributed by atoms with van der Waals surface area (Å²) in [7, 11) is 0. The van der Waals surface area contributed by atoms with Gasteiger partial charge in [0.1, 0.15) is 24.7 Å². The van der Waals surface area contributed by atoms with E-state index >= 15 is 0 Å². The number of aryl methyl sites for hydroxylation is 1. The number of hydrogen-bond donors (Lipinski definition) is 0. The Morgan fingerprint density at radius 2 is 1.84 bits per heavy atom. The van der Waals surface area contributed by atoms with Crippen molar-refractivity contribution in [2.45, 2.75) is 6.92 Å². The average molecular weight is 342 g/mol. The number of rotatable bonds is 5. The van der Waals surface area contributed by atoms with Crippen molar-refractivity contribution in [3.05, 3.63) is 57.5 Å². The van der Waals surface area contributed by atoms with Gasteiger partial charge in [0, 0.05) is 9.50 Å². The molecule has 2 nitrogen and oxygen atoms in total. The normalized spacial score (nSPS) is 10.3. The van der Waals surface area contributed by atoms with Crippen LogP contribution in [0.1, 0.15) is 5.56 Å². The topological polar surface area (TPSA) is 18.5 Å². The van der Waals surface area contributed by atoms with E-state index in [9.17, 15) is 0 Å². The third kappa shape index (κ3) is 4.44. The Morgan fingerprint density at radius 3 is 2.63 bits per heavy atom. The van der Waals surface area contributed by atoms with E-state index in [0.29, 0.717) is 18.2 Å². The van der Waals surface area contributed by atoms with Gasteiger partial charge in [-0.05, 0) is 42.8 Å². The van der Waals surface area contributed by atoms with Gasteiger partial charge in [0.25, 0.3) is 0 Å². The molecule has 0 saturated carbocycles. The largest absolute Gasteiger partial charge is 0.490 e. The minimum atomic E-state index is 0.480. The van der Waals surface area contributed by atoms with Crippen LogP contribution >= 0.6 is 27.5 Å². The van der Waals surface area contributed by atoms with Crippen LogP contribution in [0.5, 0.6) is 11.5 Å². The molecule has 0 spiro atoms. The highest BCUT2D eigenvalue weighted by Crippen LogP contribution is 2.22. The highest BCUT2D eigenvalue weighted by molar-refractivity contribution is 9.10. The van der Waals surface area contributed by atoms with Crippen molar-refractivity contribution in [2.24, 2.45) is 0 Å². The van der Waals surface area contributed by atoms with Gasteiger partial charge in [-0.1, -0.05) is 39.7 Å². The lowest BCUT2D eigenvalue weighted by molar-refractivity contribution is 0.216. The van der Waals surface area contributed by atoms with Gasteiger partial charge in [-0.3, -0.25) is 0 Å². The van der Waals surface area contributed by atoms with Gasteiger partial charge in [-0.25, -0.2) is 0 Å². The summed E-state index contributed by atoms with van der Waals surface area (Å²) in [6.45, 7) is 2.96. The first-order valence-corrected chi connectivity index (χ1v) is 7.09. The molecule has 2 rings (SSSR count). The van der Waals surface area contributed by atoms with Gasteiger partial charge < -0.3 is 9.47 Å². The van der Waals surface area contributed by atoms with E-state index in [1.807, 2.05) is 49.4 Å². The van der Waals surface area contributed by atoms with Crippen LogP contribution in [-0.2, 0) is 0 Å². The summed E-state index contributed by atoms with van der Waals surface area (Å²) in [5.74, 6) is 1.62. The lowest BCUT2D eigenvalue weighted by Gasteiger charge is -2.10. The number of hydrogen-bond acceptors (Lipinski definition) is 2. The van der Waals surface area contributed by atoms with Crippen LogP contribution < -0.4 is 9.47 Å². The second-order valence-electron chi connectivity index (χ2n) is 4.06. The molecular formula is C15H14BrClO2. The molecule has 0 aromatic heterocycles. The first-order chi connectivity index (χ1) is 9.15. The molecule has 0 amide bonds. The van der Waals surface area contributed by atoms with Gasteiger partial charge in [-0.2, -0.15) is 0 Å². The summed E-state index contributed by atoms with van der Waals surface area (Å²) in [6, 6.07) is 13.3. The second-order valence-corrected chi connectivity index (χ2v) is 5.42. The fourth-order valence-electron chi connectivity index (χ4n) is 1.60. The van der Waals surface area contributed by atoms with E-state index < -0.39 is 0 Å². The maximum absolute atomic E-state index is 5.93. The third-order valence-corrected chi connectivity index (χ3v) is 3.28. The molecule has 0 fully saturated rings. The Hall–Kier alpha value is -1.19. The zero-order valence-corrected chi connectivity index (χ0v) is 12.9. The molecule has 2 aromatic carbocycles. The maximum atomic E-state index is 5.93. The Morgan fingerprint density at radius 1 is 1.05 bits per heavy atom. The Balaban J connectivity index is 1.82. The highest BCUT2D eigenvalue weighted by Gasteiger charge is 2.01. The lowest BCUT2D eigenvalue weighted by atomic mass is 10.2. The van der Waals surface area contributed by atoms with Crippen LogP contribution in [0.25, 0.3) is 0 Å². The van der Waals surface area contributed by atoms with Gasteiger partial charge >= 0.3 is 0 Å². The predicted molar refractivity (Wildman–Crippen MR) is 81.3 cm³/mol. The van der Waals surface area contributed by atoms with E-state index in [0.717, 1.165) is 21.5 Å². The van der Waals surface area contributed by atoms with Crippen molar-refractivity contribution < 1.29 is 9.47 Å². The fourth-order valence-corrected chi connectivity index (χ4v) is 2.14. The summed E-state index contributed by atoms with van der Waals surface area (Å²) in [5, 5.41) is 0.675. The van der Waals surface area contributed by atoms with Crippen LogP contribution in [0.3, 0.4) is 0 Å². The minimum Gasteiger partial charge on any atom is -0.490 e. The SMILES string of the molecule is Cc1ccc(Cl)cc1OCCOc1cccc(Br)c1.